The van der Waals surface area contributed by atoms with E-state index >= 15 is 0 Å². The van der Waals surface area contributed by atoms with E-state index in [0.717, 1.165) is 37.0 Å². The zero-order valence-electron chi connectivity index (χ0n) is 18.6. The fourth-order valence-electron chi connectivity index (χ4n) is 3.37. The molecule has 2 aromatic carbocycles. The lowest BCUT2D eigenvalue weighted by Gasteiger charge is -2.12. The van der Waals surface area contributed by atoms with Gasteiger partial charge in [-0.05, 0) is 62.0 Å². The Morgan fingerprint density at radius 2 is 1.70 bits per heavy atom. The number of fused-ring (bicyclic) bond motifs is 1. The fraction of sp³-hybridized carbons (Fsp3) is 0.435. The molecule has 180 valence electrons. The number of benzene rings is 2. The van der Waals surface area contributed by atoms with E-state index in [4.69, 9.17) is 14.4 Å². The van der Waals surface area contributed by atoms with Crippen molar-refractivity contribution in [3.05, 3.63) is 64.1 Å². The highest BCUT2D eigenvalue weighted by Gasteiger charge is 2.18. The van der Waals surface area contributed by atoms with E-state index in [9.17, 15) is 14.3 Å². The topological polar surface area (TPSA) is 137 Å². The Balaban J connectivity index is 1.29. The van der Waals surface area contributed by atoms with Crippen LogP contribution in [0.15, 0.2) is 47.3 Å². The summed E-state index contributed by atoms with van der Waals surface area (Å²) in [7, 11) is -3.61. The predicted molar refractivity (Wildman–Crippen MR) is 128 cm³/mol. The lowest BCUT2D eigenvalue weighted by Crippen LogP contribution is -2.20. The first kappa shape index (κ1) is 25.2. The molecule has 1 aromatic heterocycles. The monoisotopic (exact) mass is 477 g/mol. The Labute approximate surface area is 192 Å². The third-order valence-electron chi connectivity index (χ3n) is 5.16. The van der Waals surface area contributed by atoms with Crippen molar-refractivity contribution in [2.45, 2.75) is 25.7 Å². The number of ether oxygens (including phenoxy) is 1. The van der Waals surface area contributed by atoms with Crippen molar-refractivity contribution < 1.29 is 23.8 Å². The van der Waals surface area contributed by atoms with Crippen molar-refractivity contribution >= 4 is 18.6 Å². The molecule has 33 heavy (non-hydrogen) atoms. The zero-order valence-corrected chi connectivity index (χ0v) is 19.5. The van der Waals surface area contributed by atoms with Crippen LogP contribution in [-0.4, -0.2) is 59.0 Å². The maximum Gasteiger partial charge on any atom is 0.328 e. The second kappa shape index (κ2) is 12.7. The molecule has 3 aromatic rings. The van der Waals surface area contributed by atoms with Gasteiger partial charge in [-0.3, -0.25) is 4.57 Å². The van der Waals surface area contributed by atoms with E-state index in [1.807, 2.05) is 42.5 Å². The molecule has 0 saturated carbocycles. The number of aliphatic hydroxyl groups is 1. The summed E-state index contributed by atoms with van der Waals surface area (Å²) >= 11 is 0. The van der Waals surface area contributed by atoms with Crippen molar-refractivity contribution in [2.75, 3.05) is 39.1 Å². The summed E-state index contributed by atoms with van der Waals surface area (Å²) in [5.41, 5.74) is 3.36. The van der Waals surface area contributed by atoms with Gasteiger partial charge in [-0.15, -0.1) is 0 Å². The van der Waals surface area contributed by atoms with Gasteiger partial charge >= 0.3 is 13.3 Å². The van der Waals surface area contributed by atoms with Crippen molar-refractivity contribution in [1.82, 2.24) is 15.3 Å². The molecule has 1 atom stereocenters. The van der Waals surface area contributed by atoms with Crippen LogP contribution < -0.4 is 15.7 Å². The molecule has 9 nitrogen and oxygen atoms in total. The zero-order chi connectivity index (χ0) is 23.5. The summed E-state index contributed by atoms with van der Waals surface area (Å²) in [4.78, 5) is 26.7. The highest BCUT2D eigenvalue weighted by Crippen LogP contribution is 2.42. The molecule has 0 bridgehead atoms. The Bertz CT molecular complexity index is 1100. The highest BCUT2D eigenvalue weighted by molar-refractivity contribution is 7.52. The molecule has 5 N–H and O–H groups in total. The Morgan fingerprint density at radius 3 is 2.45 bits per heavy atom. The van der Waals surface area contributed by atoms with Crippen LogP contribution in [0.3, 0.4) is 0 Å². The summed E-state index contributed by atoms with van der Waals surface area (Å²) in [6, 6.07) is 13.5. The molecule has 0 radical (unpaired) electrons. The first-order chi connectivity index (χ1) is 16.0. The van der Waals surface area contributed by atoms with Crippen LogP contribution in [0.25, 0.3) is 11.0 Å². The number of aromatic amines is 2. The summed E-state index contributed by atoms with van der Waals surface area (Å²) in [5.74, 6) is 0.667. The van der Waals surface area contributed by atoms with Crippen LogP contribution in [0.2, 0.25) is 0 Å². The fourth-order valence-corrected chi connectivity index (χ4v) is 4.45. The first-order valence-corrected chi connectivity index (χ1v) is 12.9. The number of aromatic nitrogens is 2. The Kier molecular flexibility index (Phi) is 9.72. The first-order valence-electron chi connectivity index (χ1n) is 11.2. The lowest BCUT2D eigenvalue weighted by molar-refractivity contribution is 0.214. The van der Waals surface area contributed by atoms with Gasteiger partial charge in [-0.2, -0.15) is 0 Å². The molecular weight excluding hydrogens is 445 g/mol. The average molecular weight is 477 g/mol. The van der Waals surface area contributed by atoms with Gasteiger partial charge in [-0.1, -0.05) is 30.3 Å². The molecule has 1 heterocycles. The number of nitrogens with one attached hydrogen (secondary N) is 3. The summed E-state index contributed by atoms with van der Waals surface area (Å²) in [5, 5.41) is 12.1. The number of aliphatic hydroxyl groups excluding tert-OH is 1. The quantitative estimate of drug-likeness (QED) is 0.168. The van der Waals surface area contributed by atoms with Crippen molar-refractivity contribution in [2.24, 2.45) is 0 Å². The standard InChI is InChI=1S/C23H32N3O6P/c27-14-3-16-32-33(29,30)17-11-19-8-6-18(7-9-19)10-13-24-12-2-15-31-21-5-1-4-20-22(21)26-23(28)25-20/h1,4-9,24,27H,2-3,10-17H2,(H,29,30)(H2,25,26,28). The van der Waals surface area contributed by atoms with Gasteiger partial charge in [0, 0.05) is 6.61 Å². The van der Waals surface area contributed by atoms with Crippen LogP contribution in [-0.2, 0) is 21.9 Å². The molecular formula is C23H32N3O6P. The molecule has 1 unspecified atom stereocenters. The van der Waals surface area contributed by atoms with Gasteiger partial charge in [0.15, 0.2) is 0 Å². The second-order valence-corrected chi connectivity index (χ2v) is 9.78. The van der Waals surface area contributed by atoms with E-state index in [2.05, 4.69) is 15.3 Å². The van der Waals surface area contributed by atoms with Gasteiger partial charge in [0.05, 0.1) is 24.9 Å². The molecule has 0 aliphatic rings. The van der Waals surface area contributed by atoms with E-state index < -0.39 is 7.60 Å². The maximum atomic E-state index is 11.9. The number of para-hydroxylation sites is 1. The SMILES string of the molecule is O=c1[nH]c2cccc(OCCCNCCc3ccc(CCP(=O)(O)OCCCO)cc3)c2[nH]1. The minimum absolute atomic E-state index is 0.0574. The van der Waals surface area contributed by atoms with Gasteiger partial charge in [0.2, 0.25) is 0 Å². The van der Waals surface area contributed by atoms with Crippen LogP contribution >= 0.6 is 7.60 Å². The number of hydrogen-bond acceptors (Lipinski definition) is 6. The average Bonchev–Trinajstić information content (AvgIpc) is 3.19. The molecule has 0 fully saturated rings. The normalized spacial score (nSPS) is 13.3. The van der Waals surface area contributed by atoms with Crippen molar-refractivity contribution in [3.63, 3.8) is 0 Å². The summed E-state index contributed by atoms with van der Waals surface area (Å²) in [6.45, 7) is 2.24. The molecule has 0 aliphatic heterocycles. The minimum Gasteiger partial charge on any atom is -0.491 e. The number of rotatable bonds is 15. The maximum absolute atomic E-state index is 11.9. The van der Waals surface area contributed by atoms with Crippen molar-refractivity contribution in [3.8, 4) is 5.75 Å². The molecule has 0 amide bonds. The number of H-pyrrole nitrogens is 2. The molecule has 0 spiro atoms. The van der Waals surface area contributed by atoms with E-state index in [1.54, 1.807) is 0 Å². The number of imidazole rings is 1. The smallest absolute Gasteiger partial charge is 0.328 e. The van der Waals surface area contributed by atoms with Crippen LogP contribution in [0, 0.1) is 0 Å². The van der Waals surface area contributed by atoms with Crippen LogP contribution in [0.4, 0.5) is 0 Å². The van der Waals surface area contributed by atoms with E-state index in [-0.39, 0.29) is 25.1 Å². The molecule has 0 saturated heterocycles. The summed E-state index contributed by atoms with van der Waals surface area (Å²) in [6.07, 6.45) is 2.61. The molecule has 0 aliphatic carbocycles. The van der Waals surface area contributed by atoms with Crippen molar-refractivity contribution in [1.29, 1.82) is 0 Å². The molecule has 3 rings (SSSR count). The minimum atomic E-state index is -3.61. The summed E-state index contributed by atoms with van der Waals surface area (Å²) < 4.78 is 22.7. The predicted octanol–water partition coefficient (Wildman–Crippen LogP) is 2.58. The van der Waals surface area contributed by atoms with Crippen LogP contribution in [0.5, 0.6) is 5.75 Å². The van der Waals surface area contributed by atoms with Gasteiger partial charge in [0.1, 0.15) is 11.3 Å². The van der Waals surface area contributed by atoms with Gasteiger partial charge in [-0.25, -0.2) is 4.79 Å². The number of aryl methyl sites for hydroxylation is 1. The van der Waals surface area contributed by atoms with Gasteiger partial charge in [0.25, 0.3) is 0 Å². The Hall–Kier alpha value is -2.42. The third-order valence-corrected chi connectivity index (χ3v) is 6.54. The van der Waals surface area contributed by atoms with Crippen LogP contribution in [0.1, 0.15) is 24.0 Å². The Morgan fingerprint density at radius 1 is 0.939 bits per heavy atom. The van der Waals surface area contributed by atoms with Gasteiger partial charge < -0.3 is 34.5 Å². The van der Waals surface area contributed by atoms with E-state index in [1.165, 1.54) is 5.56 Å². The number of hydrogen-bond donors (Lipinski definition) is 5. The largest absolute Gasteiger partial charge is 0.491 e. The lowest BCUT2D eigenvalue weighted by atomic mass is 10.1. The third kappa shape index (κ3) is 8.46. The molecule has 10 heteroatoms. The highest BCUT2D eigenvalue weighted by atomic mass is 31.2. The second-order valence-electron chi connectivity index (χ2n) is 7.80. The van der Waals surface area contributed by atoms with E-state index in [0.29, 0.717) is 30.7 Å².